The lowest BCUT2D eigenvalue weighted by Crippen LogP contribution is -2.82. The Morgan fingerprint density at radius 1 is 0.824 bits per heavy atom. The van der Waals surface area contributed by atoms with Crippen LogP contribution < -0.4 is 5.32 Å². The van der Waals surface area contributed by atoms with Gasteiger partial charge in [0, 0.05) is 30.7 Å². The third-order valence-electron chi connectivity index (χ3n) is 14.9. The summed E-state index contributed by atoms with van der Waals surface area (Å²) in [5, 5.41) is 72.9. The molecule has 15 atom stereocenters. The number of nitrogens with one attached hydrogen (secondary N) is 1. The normalized spacial score (nSPS) is 36.0. The van der Waals surface area contributed by atoms with Crippen molar-refractivity contribution in [2.24, 2.45) is 16.7 Å². The van der Waals surface area contributed by atoms with E-state index < -0.39 is 138 Å². The van der Waals surface area contributed by atoms with Gasteiger partial charge in [0.15, 0.2) is 23.8 Å². The molecule has 0 radical (unpaired) electrons. The van der Waals surface area contributed by atoms with E-state index in [1.807, 2.05) is 0 Å². The van der Waals surface area contributed by atoms with Crippen molar-refractivity contribution in [2.75, 3.05) is 13.2 Å². The van der Waals surface area contributed by atoms with Gasteiger partial charge in [0.25, 0.3) is 5.91 Å². The van der Waals surface area contributed by atoms with Crippen LogP contribution >= 0.6 is 0 Å². The van der Waals surface area contributed by atoms with Crippen molar-refractivity contribution in [3.63, 3.8) is 0 Å². The second kappa shape index (κ2) is 18.5. The Morgan fingerprint density at radius 2 is 1.43 bits per heavy atom. The predicted molar refractivity (Wildman–Crippen MR) is 235 cm³/mol. The van der Waals surface area contributed by atoms with Gasteiger partial charge in [0.2, 0.25) is 0 Å². The monoisotopic (exact) mass is 943 g/mol. The van der Waals surface area contributed by atoms with E-state index in [4.69, 9.17) is 28.4 Å². The lowest BCUT2D eigenvalue weighted by atomic mass is 9.44. The van der Waals surface area contributed by atoms with Crippen LogP contribution in [0.15, 0.2) is 102 Å². The van der Waals surface area contributed by atoms with Crippen LogP contribution in [0.3, 0.4) is 0 Å². The molecule has 2 aliphatic heterocycles. The zero-order chi connectivity index (χ0) is 49.1. The maximum Gasteiger partial charge on any atom is 0.338 e. The molecule has 68 heavy (non-hydrogen) atoms. The predicted octanol–water partition coefficient (Wildman–Crippen LogP) is 1.63. The molecule has 2 saturated carbocycles. The maximum absolute atomic E-state index is 15.7. The molecular formula is C50H57NO17. The van der Waals surface area contributed by atoms with Gasteiger partial charge < -0.3 is 64.4 Å². The molecule has 2 bridgehead atoms. The number of esters is 3. The number of hydrogen-bond acceptors (Lipinski definition) is 17. The largest absolute Gasteiger partial charge is 0.456 e. The molecule has 3 aromatic rings. The number of ether oxygens (including phenoxy) is 6. The van der Waals surface area contributed by atoms with Crippen LogP contribution in [0.2, 0.25) is 0 Å². The van der Waals surface area contributed by atoms with Crippen LogP contribution in [0.4, 0.5) is 0 Å². The summed E-state index contributed by atoms with van der Waals surface area (Å²) in [5.74, 6) is -6.29. The fourth-order valence-corrected chi connectivity index (χ4v) is 11.2. The number of rotatable bonds is 11. The van der Waals surface area contributed by atoms with E-state index in [0.29, 0.717) is 5.56 Å². The van der Waals surface area contributed by atoms with Crippen molar-refractivity contribution in [1.82, 2.24) is 5.32 Å². The molecule has 2 heterocycles. The molecule has 5 aliphatic rings. The lowest BCUT2D eigenvalue weighted by Gasteiger charge is -2.68. The van der Waals surface area contributed by atoms with Gasteiger partial charge in [-0.2, -0.15) is 0 Å². The third kappa shape index (κ3) is 8.14. The van der Waals surface area contributed by atoms with Crippen molar-refractivity contribution in [1.29, 1.82) is 0 Å². The molecule has 18 heteroatoms. The van der Waals surface area contributed by atoms with Crippen LogP contribution in [-0.2, 0) is 42.8 Å². The Kier molecular flexibility index (Phi) is 13.3. The highest BCUT2D eigenvalue weighted by atomic mass is 16.7. The van der Waals surface area contributed by atoms with Gasteiger partial charge in [-0.15, -0.1) is 0 Å². The zero-order valence-electron chi connectivity index (χ0n) is 38.1. The topological polar surface area (TPSA) is 274 Å². The van der Waals surface area contributed by atoms with E-state index in [1.54, 1.807) is 78.9 Å². The van der Waals surface area contributed by atoms with Gasteiger partial charge in [-0.25, -0.2) is 9.59 Å². The first-order chi connectivity index (χ1) is 32.2. The summed E-state index contributed by atoms with van der Waals surface area (Å²) in [4.78, 5) is 71.3. The minimum Gasteiger partial charge on any atom is -0.456 e. The molecule has 2 saturated heterocycles. The average Bonchev–Trinajstić information content (AvgIpc) is 3.31. The van der Waals surface area contributed by atoms with E-state index in [0.717, 1.165) is 6.92 Å². The van der Waals surface area contributed by atoms with E-state index in [-0.39, 0.29) is 35.3 Å². The van der Waals surface area contributed by atoms with Crippen molar-refractivity contribution in [3.8, 4) is 0 Å². The highest BCUT2D eigenvalue weighted by Gasteiger charge is 2.78. The molecule has 3 aromatic carbocycles. The number of amides is 1. The number of aliphatic hydroxyl groups is 6. The summed E-state index contributed by atoms with van der Waals surface area (Å²) in [6, 6.07) is 22.7. The quantitative estimate of drug-likeness (QED) is 0.0818. The Morgan fingerprint density at radius 3 is 2.01 bits per heavy atom. The van der Waals surface area contributed by atoms with E-state index in [9.17, 15) is 49.8 Å². The van der Waals surface area contributed by atoms with Gasteiger partial charge in [-0.05, 0) is 54.8 Å². The van der Waals surface area contributed by atoms with Gasteiger partial charge in [-0.1, -0.05) is 80.6 Å². The second-order valence-electron chi connectivity index (χ2n) is 19.1. The van der Waals surface area contributed by atoms with Crippen LogP contribution in [0.1, 0.15) is 79.8 Å². The maximum atomic E-state index is 15.7. The molecule has 0 spiro atoms. The van der Waals surface area contributed by atoms with Crippen molar-refractivity contribution in [3.05, 3.63) is 119 Å². The van der Waals surface area contributed by atoms with Gasteiger partial charge in [-0.3, -0.25) is 14.4 Å². The lowest BCUT2D eigenvalue weighted by molar-refractivity contribution is -0.366. The van der Waals surface area contributed by atoms with Crippen molar-refractivity contribution in [2.45, 2.75) is 126 Å². The first-order valence-corrected chi connectivity index (χ1v) is 22.5. The van der Waals surface area contributed by atoms with Gasteiger partial charge >= 0.3 is 17.9 Å². The molecule has 7 N–H and O–H groups in total. The number of aliphatic hydroxyl groups excluding tert-OH is 5. The van der Waals surface area contributed by atoms with E-state index in [1.165, 1.54) is 39.8 Å². The standard InChI is InChI=1S/C50H57NO17/c1-25-31(65-45(61)38(56)35(27-15-9-6-10-16-27)51-43(59)28-17-11-7-12-18-28)22-50(62)42(67-44(60)29-19-13-8-14-20-29)40-48(5,41(58)37(55)34(25)47(50,3)4)32(21-33-49(40,24-64-33)68-26(2)52)66-46-39(57)36(54)30(53)23-63-46/h6-20,30-33,35-40,42,46,53-57,62H,21-24H2,1-5H3,(H,51,59)/t30?,31-,32-,33+,35-,36?,37+,38+,39?,40?,42-,46?,48+,49-,50+/m0/s1. The summed E-state index contributed by atoms with van der Waals surface area (Å²) in [6.45, 7) is 6.21. The molecular weight excluding hydrogens is 887 g/mol. The molecule has 8 rings (SSSR count). The molecule has 4 fully saturated rings. The van der Waals surface area contributed by atoms with Gasteiger partial charge in [0.1, 0.15) is 48.3 Å². The van der Waals surface area contributed by atoms with Crippen LogP contribution in [0.5, 0.6) is 0 Å². The molecule has 0 aromatic heterocycles. The number of carbonyl (C=O) groups excluding carboxylic acids is 5. The summed E-state index contributed by atoms with van der Waals surface area (Å²) in [7, 11) is 0. The fourth-order valence-electron chi connectivity index (χ4n) is 11.2. The van der Waals surface area contributed by atoms with E-state index >= 15 is 4.79 Å². The smallest absolute Gasteiger partial charge is 0.338 e. The summed E-state index contributed by atoms with van der Waals surface area (Å²) in [6.07, 6.45) is -17.8. The number of fused-ring (bicyclic) bond motifs is 5. The molecule has 1 amide bonds. The average molecular weight is 944 g/mol. The minimum absolute atomic E-state index is 0.0280. The van der Waals surface area contributed by atoms with Crippen LogP contribution in [-0.4, -0.2) is 146 Å². The number of carbonyl (C=O) groups is 5. The Balaban J connectivity index is 1.26. The highest BCUT2D eigenvalue weighted by Crippen LogP contribution is 2.65. The number of Topliss-reactive ketones (excluding diaryl/α,β-unsaturated/α-hetero) is 1. The minimum atomic E-state index is -2.47. The van der Waals surface area contributed by atoms with Crippen molar-refractivity contribution < 1.29 is 83.0 Å². The fraction of sp³-hybridized carbons (Fsp3) is 0.500. The highest BCUT2D eigenvalue weighted by molar-refractivity contribution is 5.95. The first kappa shape index (κ1) is 49.0. The van der Waals surface area contributed by atoms with E-state index in [2.05, 4.69) is 5.32 Å². The second-order valence-corrected chi connectivity index (χ2v) is 19.1. The summed E-state index contributed by atoms with van der Waals surface area (Å²) < 4.78 is 36.8. The third-order valence-corrected chi connectivity index (χ3v) is 14.9. The molecule has 364 valence electrons. The first-order valence-electron chi connectivity index (χ1n) is 22.5. The van der Waals surface area contributed by atoms with Gasteiger partial charge in [0.05, 0.1) is 42.3 Å². The number of ketones is 1. The van der Waals surface area contributed by atoms with Crippen molar-refractivity contribution >= 4 is 29.6 Å². The Bertz CT molecular complexity index is 2430. The molecule has 18 nitrogen and oxygen atoms in total. The zero-order valence-corrected chi connectivity index (χ0v) is 38.1. The molecule has 5 unspecified atom stereocenters. The molecule has 3 aliphatic carbocycles. The van der Waals surface area contributed by atoms with Crippen LogP contribution in [0.25, 0.3) is 0 Å². The Hall–Kier alpha value is -5.41. The number of hydrogen-bond donors (Lipinski definition) is 7. The number of benzene rings is 3. The Labute approximate surface area is 391 Å². The SMILES string of the molecule is CC(=O)O[C@@]12CO[C@@H]1C[C@H](OC1OCC(O)C(O)C1O)[C@@]1(C)C(=O)[C@H](O)C3=C(C)[C@@H](OC(=O)[C@H](O)[C@@H](NC(=O)c4ccccc4)c4ccccc4)C[C@@](O)([C@@H](OC(=O)c4ccccc4)C12)C3(C)C. The summed E-state index contributed by atoms with van der Waals surface area (Å²) >= 11 is 0. The summed E-state index contributed by atoms with van der Waals surface area (Å²) in [5.41, 5.74) is -7.60. The van der Waals surface area contributed by atoms with Crippen LogP contribution in [0, 0.1) is 16.7 Å².